The van der Waals surface area contributed by atoms with Crippen LogP contribution in [0.15, 0.2) is 30.5 Å². The Morgan fingerprint density at radius 3 is 2.58 bits per heavy atom. The van der Waals surface area contributed by atoms with Crippen molar-refractivity contribution in [1.29, 1.82) is 0 Å². The predicted molar refractivity (Wildman–Crippen MR) is 82.4 cm³/mol. The van der Waals surface area contributed by atoms with Gasteiger partial charge < -0.3 is 10.6 Å². The molecule has 3 nitrogen and oxygen atoms in total. The smallest absolute Gasteiger partial charge is 0.136 e. The van der Waals surface area contributed by atoms with Gasteiger partial charge >= 0.3 is 0 Å². The number of fused-ring (bicyclic) bond motifs is 1. The van der Waals surface area contributed by atoms with E-state index in [0.29, 0.717) is 12.5 Å². The predicted octanol–water partition coefficient (Wildman–Crippen LogP) is 3.18. The highest BCUT2D eigenvalue weighted by Gasteiger charge is 2.12. The normalized spacial score (nSPS) is 12.6. The average molecular weight is 257 g/mol. The van der Waals surface area contributed by atoms with Crippen molar-refractivity contribution in [3.63, 3.8) is 0 Å². The summed E-state index contributed by atoms with van der Waals surface area (Å²) in [5.41, 5.74) is 6.90. The molecule has 0 saturated carbocycles. The van der Waals surface area contributed by atoms with Crippen molar-refractivity contribution < 1.29 is 0 Å². The highest BCUT2D eigenvalue weighted by molar-refractivity contribution is 5.94. The molecule has 0 aliphatic rings. The minimum atomic E-state index is 0.531. The van der Waals surface area contributed by atoms with E-state index >= 15 is 0 Å². The standard InChI is InChI=1S/C16H23N3/c1-4-12(2)11-19(3)16-15-8-6-5-7-14(15)13(9-17)10-18-16/h5-8,10,12H,4,9,11,17H2,1-3H3. The number of rotatable bonds is 5. The average Bonchev–Trinajstić information content (AvgIpc) is 2.45. The zero-order valence-electron chi connectivity index (χ0n) is 12.1. The molecule has 1 aromatic carbocycles. The first-order valence-corrected chi connectivity index (χ1v) is 6.95. The lowest BCUT2D eigenvalue weighted by Crippen LogP contribution is -2.24. The molecule has 1 heterocycles. The van der Waals surface area contributed by atoms with Gasteiger partial charge in [-0.15, -0.1) is 0 Å². The third-order valence-electron chi connectivity index (χ3n) is 3.72. The summed E-state index contributed by atoms with van der Waals surface area (Å²) in [4.78, 5) is 6.86. The number of anilines is 1. The van der Waals surface area contributed by atoms with Crippen LogP contribution in [-0.2, 0) is 6.54 Å². The molecule has 2 aromatic rings. The molecule has 1 aromatic heterocycles. The molecule has 1 atom stereocenters. The first kappa shape index (κ1) is 13.8. The summed E-state index contributed by atoms with van der Waals surface area (Å²) < 4.78 is 0. The Morgan fingerprint density at radius 1 is 1.26 bits per heavy atom. The van der Waals surface area contributed by atoms with E-state index in [1.165, 1.54) is 17.2 Å². The van der Waals surface area contributed by atoms with Gasteiger partial charge in [0.05, 0.1) is 0 Å². The summed E-state index contributed by atoms with van der Waals surface area (Å²) in [5.74, 6) is 1.72. The Bertz CT molecular complexity index is 551. The summed E-state index contributed by atoms with van der Waals surface area (Å²) in [6.07, 6.45) is 3.09. The van der Waals surface area contributed by atoms with Crippen LogP contribution >= 0.6 is 0 Å². The van der Waals surface area contributed by atoms with Gasteiger partial charge in [0.25, 0.3) is 0 Å². The molecule has 0 spiro atoms. The van der Waals surface area contributed by atoms with Gasteiger partial charge in [-0.25, -0.2) is 4.98 Å². The van der Waals surface area contributed by atoms with Gasteiger partial charge in [-0.3, -0.25) is 0 Å². The van der Waals surface area contributed by atoms with Gasteiger partial charge in [0, 0.05) is 31.7 Å². The van der Waals surface area contributed by atoms with Crippen LogP contribution in [0.2, 0.25) is 0 Å². The third-order valence-corrected chi connectivity index (χ3v) is 3.72. The molecule has 3 heteroatoms. The second-order valence-corrected chi connectivity index (χ2v) is 5.25. The number of hydrogen-bond acceptors (Lipinski definition) is 3. The van der Waals surface area contributed by atoms with Crippen LogP contribution < -0.4 is 10.6 Å². The molecule has 0 amide bonds. The summed E-state index contributed by atoms with van der Waals surface area (Å²) in [5, 5.41) is 2.40. The third kappa shape index (κ3) is 2.87. The highest BCUT2D eigenvalue weighted by atomic mass is 15.2. The van der Waals surface area contributed by atoms with E-state index in [1.807, 2.05) is 6.20 Å². The van der Waals surface area contributed by atoms with Crippen LogP contribution in [0.3, 0.4) is 0 Å². The van der Waals surface area contributed by atoms with Crippen molar-refractivity contribution in [2.45, 2.75) is 26.8 Å². The topological polar surface area (TPSA) is 42.2 Å². The molecule has 2 rings (SSSR count). The molecular weight excluding hydrogens is 234 g/mol. The zero-order valence-corrected chi connectivity index (χ0v) is 12.1. The molecule has 0 aliphatic carbocycles. The first-order valence-electron chi connectivity index (χ1n) is 6.95. The van der Waals surface area contributed by atoms with Crippen molar-refractivity contribution in [2.24, 2.45) is 11.7 Å². The Labute approximate surface area is 115 Å². The Balaban J connectivity index is 2.44. The highest BCUT2D eigenvalue weighted by Crippen LogP contribution is 2.26. The second kappa shape index (κ2) is 6.02. The van der Waals surface area contributed by atoms with Crippen molar-refractivity contribution in [3.8, 4) is 0 Å². The molecule has 0 radical (unpaired) electrons. The fourth-order valence-electron chi connectivity index (χ4n) is 2.39. The number of hydrogen-bond donors (Lipinski definition) is 1. The van der Waals surface area contributed by atoms with Gasteiger partial charge in [0.1, 0.15) is 5.82 Å². The minimum absolute atomic E-state index is 0.531. The molecule has 1 unspecified atom stereocenters. The zero-order chi connectivity index (χ0) is 13.8. The monoisotopic (exact) mass is 257 g/mol. The molecule has 102 valence electrons. The summed E-state index contributed by atoms with van der Waals surface area (Å²) >= 11 is 0. The number of aromatic nitrogens is 1. The number of pyridine rings is 1. The van der Waals surface area contributed by atoms with E-state index < -0.39 is 0 Å². The van der Waals surface area contributed by atoms with Crippen molar-refractivity contribution in [1.82, 2.24) is 4.98 Å². The van der Waals surface area contributed by atoms with Crippen LogP contribution in [0, 0.1) is 5.92 Å². The molecule has 19 heavy (non-hydrogen) atoms. The van der Waals surface area contributed by atoms with Crippen molar-refractivity contribution in [2.75, 3.05) is 18.5 Å². The Morgan fingerprint density at radius 2 is 1.95 bits per heavy atom. The molecule has 2 N–H and O–H groups in total. The quantitative estimate of drug-likeness (QED) is 0.894. The maximum Gasteiger partial charge on any atom is 0.136 e. The summed E-state index contributed by atoms with van der Waals surface area (Å²) in [6.45, 7) is 6.05. The molecule has 0 bridgehead atoms. The number of benzene rings is 1. The molecule has 0 aliphatic heterocycles. The largest absolute Gasteiger partial charge is 0.359 e. The van der Waals surface area contributed by atoms with Crippen LogP contribution in [0.25, 0.3) is 10.8 Å². The second-order valence-electron chi connectivity index (χ2n) is 5.25. The van der Waals surface area contributed by atoms with Crippen LogP contribution in [0.4, 0.5) is 5.82 Å². The van der Waals surface area contributed by atoms with E-state index in [0.717, 1.165) is 17.9 Å². The van der Waals surface area contributed by atoms with Gasteiger partial charge in [0.2, 0.25) is 0 Å². The molecular formula is C16H23N3. The van der Waals surface area contributed by atoms with Crippen molar-refractivity contribution in [3.05, 3.63) is 36.0 Å². The molecule has 0 saturated heterocycles. The van der Waals surface area contributed by atoms with Crippen LogP contribution in [0.5, 0.6) is 0 Å². The minimum Gasteiger partial charge on any atom is -0.359 e. The number of nitrogens with two attached hydrogens (primary N) is 1. The Kier molecular flexibility index (Phi) is 4.38. The SMILES string of the molecule is CCC(C)CN(C)c1ncc(CN)c2ccccc12. The van der Waals surface area contributed by atoms with Gasteiger partial charge in [0.15, 0.2) is 0 Å². The first-order chi connectivity index (χ1) is 9.17. The van der Waals surface area contributed by atoms with Crippen molar-refractivity contribution >= 4 is 16.6 Å². The lowest BCUT2D eigenvalue weighted by Gasteiger charge is -2.23. The van der Waals surface area contributed by atoms with Crippen LogP contribution in [0.1, 0.15) is 25.8 Å². The fraction of sp³-hybridized carbons (Fsp3) is 0.438. The maximum atomic E-state index is 5.79. The summed E-state index contributed by atoms with van der Waals surface area (Å²) in [6, 6.07) is 8.37. The lowest BCUT2D eigenvalue weighted by molar-refractivity contribution is 0.558. The number of nitrogens with zero attached hydrogens (tertiary/aromatic N) is 2. The maximum absolute atomic E-state index is 5.79. The van der Waals surface area contributed by atoms with E-state index in [2.05, 4.69) is 55.0 Å². The van der Waals surface area contributed by atoms with E-state index in [-0.39, 0.29) is 0 Å². The van der Waals surface area contributed by atoms with E-state index in [1.54, 1.807) is 0 Å². The van der Waals surface area contributed by atoms with Gasteiger partial charge in [-0.05, 0) is 16.9 Å². The Hall–Kier alpha value is -1.61. The molecule has 0 fully saturated rings. The van der Waals surface area contributed by atoms with E-state index in [4.69, 9.17) is 5.73 Å². The lowest BCUT2D eigenvalue weighted by atomic mass is 10.1. The summed E-state index contributed by atoms with van der Waals surface area (Å²) in [7, 11) is 2.11. The van der Waals surface area contributed by atoms with Crippen LogP contribution in [-0.4, -0.2) is 18.6 Å². The fourth-order valence-corrected chi connectivity index (χ4v) is 2.39. The van der Waals surface area contributed by atoms with E-state index in [9.17, 15) is 0 Å². The van der Waals surface area contributed by atoms with Gasteiger partial charge in [-0.2, -0.15) is 0 Å². The van der Waals surface area contributed by atoms with Gasteiger partial charge in [-0.1, -0.05) is 44.5 Å².